The van der Waals surface area contributed by atoms with E-state index in [1.165, 1.54) is 0 Å². The van der Waals surface area contributed by atoms with E-state index in [-0.39, 0.29) is 0 Å². The van der Waals surface area contributed by atoms with Crippen molar-refractivity contribution in [3.8, 4) is 17.7 Å². The molecule has 1 aromatic heterocycles. The van der Waals surface area contributed by atoms with Crippen LogP contribution in [0.5, 0.6) is 11.6 Å². The molecule has 2 rings (SSSR count). The van der Waals surface area contributed by atoms with Gasteiger partial charge in [-0.3, -0.25) is 0 Å². The summed E-state index contributed by atoms with van der Waals surface area (Å²) in [5, 5.41) is 9.34. The number of halogens is 1. The second-order valence-corrected chi connectivity index (χ2v) is 5.24. The van der Waals surface area contributed by atoms with E-state index in [1.807, 2.05) is 13.8 Å². The summed E-state index contributed by atoms with van der Waals surface area (Å²) in [5.41, 5.74) is 2.39. The van der Waals surface area contributed by atoms with Crippen LogP contribution in [-0.2, 0) is 6.42 Å². The number of rotatable bonds is 4. The standard InChI is InChI=1S/C16H16ClN3O/c1-4-5-14-19-13(17)8-15(20-14)21-16-10(2)6-12(9-18)7-11(16)3/h6-8H,4-5H2,1-3H3. The van der Waals surface area contributed by atoms with Gasteiger partial charge in [0, 0.05) is 12.5 Å². The van der Waals surface area contributed by atoms with Crippen molar-refractivity contribution in [2.24, 2.45) is 0 Å². The highest BCUT2D eigenvalue weighted by molar-refractivity contribution is 6.29. The number of hydrogen-bond acceptors (Lipinski definition) is 4. The monoisotopic (exact) mass is 301 g/mol. The zero-order valence-corrected chi connectivity index (χ0v) is 13.0. The molecule has 0 aliphatic heterocycles. The molecule has 0 radical (unpaired) electrons. The molecular weight excluding hydrogens is 286 g/mol. The SMILES string of the molecule is CCCc1nc(Cl)cc(Oc2c(C)cc(C#N)cc2C)n1. The Kier molecular flexibility index (Phi) is 4.77. The molecule has 0 spiro atoms. The van der Waals surface area contributed by atoms with Crippen LogP contribution in [-0.4, -0.2) is 9.97 Å². The minimum absolute atomic E-state index is 0.368. The molecule has 0 aliphatic rings. The first-order valence-electron chi connectivity index (χ1n) is 6.76. The predicted octanol–water partition coefficient (Wildman–Crippen LogP) is 4.36. The molecule has 0 bridgehead atoms. The normalized spacial score (nSPS) is 10.2. The van der Waals surface area contributed by atoms with Gasteiger partial charge in [-0.1, -0.05) is 18.5 Å². The Morgan fingerprint density at radius 3 is 2.43 bits per heavy atom. The van der Waals surface area contributed by atoms with Gasteiger partial charge in [-0.05, 0) is 43.5 Å². The molecule has 0 saturated carbocycles. The summed E-state index contributed by atoms with van der Waals surface area (Å²) in [5.74, 6) is 1.80. The van der Waals surface area contributed by atoms with Gasteiger partial charge in [0.1, 0.15) is 16.7 Å². The van der Waals surface area contributed by atoms with Gasteiger partial charge in [-0.25, -0.2) is 4.98 Å². The molecule has 1 heterocycles. The molecule has 4 nitrogen and oxygen atoms in total. The topological polar surface area (TPSA) is 58.8 Å². The lowest BCUT2D eigenvalue weighted by molar-refractivity contribution is 0.451. The van der Waals surface area contributed by atoms with Crippen molar-refractivity contribution in [1.82, 2.24) is 9.97 Å². The number of nitriles is 1. The Hall–Kier alpha value is -2.12. The molecule has 2 aromatic rings. The number of benzene rings is 1. The fraction of sp³-hybridized carbons (Fsp3) is 0.312. The summed E-state index contributed by atoms with van der Waals surface area (Å²) in [4.78, 5) is 8.53. The summed E-state index contributed by atoms with van der Waals surface area (Å²) in [7, 11) is 0. The van der Waals surface area contributed by atoms with Crippen molar-refractivity contribution in [2.45, 2.75) is 33.6 Å². The number of aromatic nitrogens is 2. The van der Waals surface area contributed by atoms with Gasteiger partial charge in [-0.2, -0.15) is 10.2 Å². The molecule has 0 aliphatic carbocycles. The van der Waals surface area contributed by atoms with Gasteiger partial charge >= 0.3 is 0 Å². The predicted molar refractivity (Wildman–Crippen MR) is 81.7 cm³/mol. The molecule has 5 heteroatoms. The summed E-state index contributed by atoms with van der Waals surface area (Å²) >= 11 is 6.01. The minimum atomic E-state index is 0.368. The lowest BCUT2D eigenvalue weighted by Gasteiger charge is -2.12. The maximum Gasteiger partial charge on any atom is 0.224 e. The molecule has 0 atom stereocenters. The maximum atomic E-state index is 8.97. The van der Waals surface area contributed by atoms with Crippen molar-refractivity contribution in [3.63, 3.8) is 0 Å². The van der Waals surface area contributed by atoms with E-state index in [4.69, 9.17) is 21.6 Å². The zero-order chi connectivity index (χ0) is 15.4. The lowest BCUT2D eigenvalue weighted by atomic mass is 10.1. The second kappa shape index (κ2) is 6.55. The summed E-state index contributed by atoms with van der Waals surface area (Å²) in [6.07, 6.45) is 1.69. The third kappa shape index (κ3) is 3.71. The number of hydrogen-bond donors (Lipinski definition) is 0. The van der Waals surface area contributed by atoms with Gasteiger partial charge in [-0.15, -0.1) is 0 Å². The molecule has 0 saturated heterocycles. The third-order valence-corrected chi connectivity index (χ3v) is 3.18. The van der Waals surface area contributed by atoms with E-state index in [2.05, 4.69) is 23.0 Å². The molecule has 21 heavy (non-hydrogen) atoms. The highest BCUT2D eigenvalue weighted by Crippen LogP contribution is 2.29. The smallest absolute Gasteiger partial charge is 0.224 e. The number of ether oxygens (including phenoxy) is 1. The highest BCUT2D eigenvalue weighted by Gasteiger charge is 2.10. The van der Waals surface area contributed by atoms with Crippen LogP contribution < -0.4 is 4.74 Å². The molecular formula is C16H16ClN3O. The van der Waals surface area contributed by atoms with Gasteiger partial charge in [0.25, 0.3) is 0 Å². The Morgan fingerprint density at radius 2 is 1.86 bits per heavy atom. The maximum absolute atomic E-state index is 8.97. The highest BCUT2D eigenvalue weighted by atomic mass is 35.5. The quantitative estimate of drug-likeness (QED) is 0.787. The number of aryl methyl sites for hydroxylation is 3. The van der Waals surface area contributed by atoms with E-state index in [0.717, 1.165) is 24.0 Å². The Balaban J connectivity index is 2.36. The van der Waals surface area contributed by atoms with E-state index in [0.29, 0.717) is 28.2 Å². The largest absolute Gasteiger partial charge is 0.438 e. The van der Waals surface area contributed by atoms with Crippen LogP contribution in [0.25, 0.3) is 0 Å². The summed E-state index contributed by atoms with van der Waals surface area (Å²) in [6, 6.07) is 7.31. The molecule has 0 N–H and O–H groups in total. The van der Waals surface area contributed by atoms with Gasteiger partial charge in [0.15, 0.2) is 0 Å². The first-order chi connectivity index (χ1) is 10.0. The Morgan fingerprint density at radius 1 is 1.19 bits per heavy atom. The molecule has 1 aromatic carbocycles. The summed E-state index contributed by atoms with van der Waals surface area (Å²) < 4.78 is 5.86. The fourth-order valence-electron chi connectivity index (χ4n) is 2.11. The van der Waals surface area contributed by atoms with E-state index < -0.39 is 0 Å². The average Bonchev–Trinajstić information content (AvgIpc) is 2.42. The van der Waals surface area contributed by atoms with Crippen molar-refractivity contribution in [2.75, 3.05) is 0 Å². The molecule has 0 fully saturated rings. The van der Waals surface area contributed by atoms with Crippen molar-refractivity contribution in [1.29, 1.82) is 5.26 Å². The Bertz CT molecular complexity index is 684. The second-order valence-electron chi connectivity index (χ2n) is 4.85. The van der Waals surface area contributed by atoms with E-state index >= 15 is 0 Å². The van der Waals surface area contributed by atoms with E-state index in [1.54, 1.807) is 18.2 Å². The van der Waals surface area contributed by atoms with Crippen molar-refractivity contribution < 1.29 is 4.74 Å². The fourth-order valence-corrected chi connectivity index (χ4v) is 2.30. The van der Waals surface area contributed by atoms with E-state index in [9.17, 15) is 0 Å². The minimum Gasteiger partial charge on any atom is -0.438 e. The van der Waals surface area contributed by atoms with Gasteiger partial charge in [0.2, 0.25) is 5.88 Å². The first-order valence-corrected chi connectivity index (χ1v) is 7.14. The Labute approximate surface area is 129 Å². The lowest BCUT2D eigenvalue weighted by Crippen LogP contribution is -1.99. The number of nitrogens with zero attached hydrogens (tertiary/aromatic N) is 3. The molecule has 0 unspecified atom stereocenters. The van der Waals surface area contributed by atoms with Crippen molar-refractivity contribution in [3.05, 3.63) is 45.9 Å². The average molecular weight is 302 g/mol. The van der Waals surface area contributed by atoms with Crippen LogP contribution in [0.15, 0.2) is 18.2 Å². The van der Waals surface area contributed by atoms with Gasteiger partial charge in [0.05, 0.1) is 11.6 Å². The van der Waals surface area contributed by atoms with Gasteiger partial charge < -0.3 is 4.74 Å². The van der Waals surface area contributed by atoms with Crippen LogP contribution in [0.3, 0.4) is 0 Å². The third-order valence-electron chi connectivity index (χ3n) is 2.99. The van der Waals surface area contributed by atoms with Crippen LogP contribution in [0.1, 0.15) is 35.9 Å². The van der Waals surface area contributed by atoms with Crippen LogP contribution in [0.4, 0.5) is 0 Å². The summed E-state index contributed by atoms with van der Waals surface area (Å²) in [6.45, 7) is 5.86. The molecule has 0 amide bonds. The van der Waals surface area contributed by atoms with Crippen molar-refractivity contribution >= 4 is 11.6 Å². The first kappa shape index (κ1) is 15.3. The zero-order valence-electron chi connectivity index (χ0n) is 12.3. The van der Waals surface area contributed by atoms with Crippen LogP contribution in [0, 0.1) is 25.2 Å². The van der Waals surface area contributed by atoms with Crippen LogP contribution >= 0.6 is 11.6 Å². The van der Waals surface area contributed by atoms with Crippen LogP contribution in [0.2, 0.25) is 5.15 Å². The molecule has 108 valence electrons.